The summed E-state index contributed by atoms with van der Waals surface area (Å²) in [5.74, 6) is -1.02. The van der Waals surface area contributed by atoms with E-state index in [2.05, 4.69) is 20.9 Å². The highest BCUT2D eigenvalue weighted by molar-refractivity contribution is 9.10. The quantitative estimate of drug-likeness (QED) is 0.473. The van der Waals surface area contributed by atoms with Crippen molar-refractivity contribution in [2.45, 2.75) is 19.6 Å². The molecule has 1 fully saturated rings. The first-order valence-electron chi connectivity index (χ1n) is 9.12. The molecule has 0 N–H and O–H groups in total. The predicted molar refractivity (Wildman–Crippen MR) is 115 cm³/mol. The van der Waals surface area contributed by atoms with Crippen LogP contribution in [0.25, 0.3) is 22.4 Å². The lowest BCUT2D eigenvalue weighted by Crippen LogP contribution is -2.46. The number of amides is 1. The third kappa shape index (κ3) is 4.06. The number of fused-ring (bicyclic) bond motifs is 1. The van der Waals surface area contributed by atoms with Crippen LogP contribution < -0.4 is 0 Å². The molecule has 3 aromatic rings. The first kappa shape index (κ1) is 21.5. The second-order valence-corrected chi connectivity index (χ2v) is 8.73. The molecule has 0 saturated carbocycles. The van der Waals surface area contributed by atoms with Crippen molar-refractivity contribution >= 4 is 56.1 Å². The Morgan fingerprint density at radius 1 is 1.23 bits per heavy atom. The predicted octanol–water partition coefficient (Wildman–Crippen LogP) is 5.30. The summed E-state index contributed by atoms with van der Waals surface area (Å²) in [7, 11) is 0. The van der Waals surface area contributed by atoms with Gasteiger partial charge in [-0.05, 0) is 18.2 Å². The molecular formula is C20H16BrCl2F2N3O2. The molecule has 0 aliphatic carbocycles. The van der Waals surface area contributed by atoms with Gasteiger partial charge in [-0.3, -0.25) is 4.79 Å². The van der Waals surface area contributed by atoms with Crippen LogP contribution in [0.1, 0.15) is 6.92 Å². The fourth-order valence-electron chi connectivity index (χ4n) is 3.57. The van der Waals surface area contributed by atoms with Gasteiger partial charge in [0.1, 0.15) is 17.5 Å². The van der Waals surface area contributed by atoms with Crippen molar-refractivity contribution in [3.8, 4) is 11.4 Å². The maximum atomic E-state index is 14.9. The molecule has 1 unspecified atom stereocenters. The lowest BCUT2D eigenvalue weighted by atomic mass is 10.2. The lowest BCUT2D eigenvalue weighted by molar-refractivity contribution is -0.136. The molecule has 1 atom stereocenters. The Labute approximate surface area is 189 Å². The van der Waals surface area contributed by atoms with Gasteiger partial charge in [-0.15, -0.1) is 0 Å². The van der Waals surface area contributed by atoms with Gasteiger partial charge in [0, 0.05) is 30.6 Å². The number of imidazole rings is 1. The van der Waals surface area contributed by atoms with Gasteiger partial charge < -0.3 is 14.2 Å². The number of hydrogen-bond donors (Lipinski definition) is 0. The van der Waals surface area contributed by atoms with Crippen LogP contribution >= 0.6 is 39.1 Å². The second kappa shape index (κ2) is 8.42. The molecule has 10 heteroatoms. The number of halogens is 5. The Bertz CT molecular complexity index is 1130. The summed E-state index contributed by atoms with van der Waals surface area (Å²) in [6.07, 6.45) is -0.380. The van der Waals surface area contributed by atoms with E-state index in [9.17, 15) is 13.6 Å². The second-order valence-electron chi connectivity index (χ2n) is 7.00. The minimum Gasteiger partial charge on any atom is -0.373 e. The number of morpholine rings is 1. The maximum absolute atomic E-state index is 14.9. The van der Waals surface area contributed by atoms with E-state index in [0.717, 1.165) is 0 Å². The zero-order chi connectivity index (χ0) is 21.6. The highest BCUT2D eigenvalue weighted by atomic mass is 79.9. The van der Waals surface area contributed by atoms with Crippen molar-refractivity contribution in [1.82, 2.24) is 14.5 Å². The van der Waals surface area contributed by atoms with Gasteiger partial charge in [0.05, 0.1) is 45.9 Å². The molecule has 0 radical (unpaired) electrons. The van der Waals surface area contributed by atoms with E-state index in [4.69, 9.17) is 27.9 Å². The molecule has 1 aromatic heterocycles. The Hall–Kier alpha value is -1.74. The number of carbonyl (C=O) groups is 1. The van der Waals surface area contributed by atoms with Crippen molar-refractivity contribution in [2.75, 3.05) is 19.7 Å². The summed E-state index contributed by atoms with van der Waals surface area (Å²) in [4.78, 5) is 17.9. The number of aromatic nitrogens is 2. The molecule has 2 aromatic carbocycles. The van der Waals surface area contributed by atoms with E-state index in [1.54, 1.807) is 15.5 Å². The number of rotatable bonds is 3. The highest BCUT2D eigenvalue weighted by Crippen LogP contribution is 2.36. The third-order valence-corrected chi connectivity index (χ3v) is 6.04. The topological polar surface area (TPSA) is 47.4 Å². The molecule has 5 nitrogen and oxygen atoms in total. The summed E-state index contributed by atoms with van der Waals surface area (Å²) >= 11 is 15.5. The SMILES string of the molecule is CC(=O)N1CCOC(Cn2c(-c3c(F)cc(Br)cc3Cl)nc3cc(Cl)c(F)cc32)C1. The van der Waals surface area contributed by atoms with Gasteiger partial charge in [0.25, 0.3) is 0 Å². The average molecular weight is 519 g/mol. The monoisotopic (exact) mass is 517 g/mol. The Balaban J connectivity index is 1.86. The standard InChI is InChI=1S/C20H16BrCl2F2N3O2/c1-10(29)27-2-3-30-12(8-27)9-28-18-7-15(24)13(22)6-17(18)26-20(28)19-14(23)4-11(21)5-16(19)25/h4-7,12H,2-3,8-9H2,1H3. The lowest BCUT2D eigenvalue weighted by Gasteiger charge is -2.32. The summed E-state index contributed by atoms with van der Waals surface area (Å²) in [5, 5.41) is 0.0673. The van der Waals surface area contributed by atoms with Crippen molar-refractivity contribution in [3.63, 3.8) is 0 Å². The van der Waals surface area contributed by atoms with Crippen LogP contribution in [0, 0.1) is 11.6 Å². The van der Waals surface area contributed by atoms with Crippen molar-refractivity contribution in [1.29, 1.82) is 0 Å². The van der Waals surface area contributed by atoms with Gasteiger partial charge in [0.2, 0.25) is 5.91 Å². The molecular weight excluding hydrogens is 503 g/mol. The van der Waals surface area contributed by atoms with E-state index >= 15 is 0 Å². The maximum Gasteiger partial charge on any atom is 0.219 e. The number of hydrogen-bond acceptors (Lipinski definition) is 3. The fraction of sp³-hybridized carbons (Fsp3) is 0.300. The van der Waals surface area contributed by atoms with Crippen molar-refractivity contribution in [2.24, 2.45) is 0 Å². The molecule has 30 heavy (non-hydrogen) atoms. The molecule has 1 saturated heterocycles. The number of benzene rings is 2. The van der Waals surface area contributed by atoms with Crippen molar-refractivity contribution < 1.29 is 18.3 Å². The van der Waals surface area contributed by atoms with Crippen LogP contribution in [0.15, 0.2) is 28.7 Å². The zero-order valence-corrected chi connectivity index (χ0v) is 18.9. The Morgan fingerprint density at radius 2 is 2.00 bits per heavy atom. The van der Waals surface area contributed by atoms with Crippen LogP contribution in [0.5, 0.6) is 0 Å². The Morgan fingerprint density at radius 3 is 2.70 bits per heavy atom. The number of nitrogens with zero attached hydrogens (tertiary/aromatic N) is 3. The first-order valence-corrected chi connectivity index (χ1v) is 10.7. The van der Waals surface area contributed by atoms with Gasteiger partial charge in [0.15, 0.2) is 0 Å². The summed E-state index contributed by atoms with van der Waals surface area (Å²) in [5.41, 5.74) is 0.912. The third-order valence-electron chi connectivity index (χ3n) is 4.99. The molecule has 2 heterocycles. The van der Waals surface area contributed by atoms with E-state index in [1.807, 2.05) is 0 Å². The van der Waals surface area contributed by atoms with Crippen LogP contribution in [-0.2, 0) is 16.1 Å². The van der Waals surface area contributed by atoms with Gasteiger partial charge in [-0.1, -0.05) is 39.1 Å². The number of carbonyl (C=O) groups excluding carboxylic acids is 1. The molecule has 1 aliphatic heterocycles. The summed E-state index contributed by atoms with van der Waals surface area (Å²) in [6, 6.07) is 5.49. The minimum absolute atomic E-state index is 0.0566. The minimum atomic E-state index is -0.617. The van der Waals surface area contributed by atoms with Crippen LogP contribution in [0.3, 0.4) is 0 Å². The highest BCUT2D eigenvalue weighted by Gasteiger charge is 2.27. The molecule has 0 bridgehead atoms. The van der Waals surface area contributed by atoms with Gasteiger partial charge in [-0.2, -0.15) is 0 Å². The zero-order valence-electron chi connectivity index (χ0n) is 15.8. The fourth-order valence-corrected chi connectivity index (χ4v) is 4.58. The van der Waals surface area contributed by atoms with Crippen LogP contribution in [-0.4, -0.2) is 46.2 Å². The van der Waals surface area contributed by atoms with E-state index < -0.39 is 11.6 Å². The van der Waals surface area contributed by atoms with Gasteiger partial charge in [-0.25, -0.2) is 13.8 Å². The average Bonchev–Trinajstić information content (AvgIpc) is 2.98. The molecule has 1 amide bonds. The largest absolute Gasteiger partial charge is 0.373 e. The number of ether oxygens (including phenoxy) is 1. The summed E-state index contributed by atoms with van der Waals surface area (Å²) < 4.78 is 37.0. The van der Waals surface area contributed by atoms with Crippen molar-refractivity contribution in [3.05, 3.63) is 50.4 Å². The summed E-state index contributed by atoms with van der Waals surface area (Å²) in [6.45, 7) is 2.96. The smallest absolute Gasteiger partial charge is 0.219 e. The van der Waals surface area contributed by atoms with E-state index in [1.165, 1.54) is 25.1 Å². The van der Waals surface area contributed by atoms with Gasteiger partial charge >= 0.3 is 0 Å². The van der Waals surface area contributed by atoms with Crippen LogP contribution in [0.2, 0.25) is 10.0 Å². The molecule has 158 valence electrons. The Kier molecular flexibility index (Phi) is 6.03. The molecule has 0 spiro atoms. The van der Waals surface area contributed by atoms with E-state index in [0.29, 0.717) is 35.2 Å². The molecule has 1 aliphatic rings. The van der Waals surface area contributed by atoms with E-state index in [-0.39, 0.29) is 40.0 Å². The van der Waals surface area contributed by atoms with Crippen LogP contribution in [0.4, 0.5) is 8.78 Å². The first-order chi connectivity index (χ1) is 14.2. The normalized spacial score (nSPS) is 17.0. The molecule has 4 rings (SSSR count).